The summed E-state index contributed by atoms with van der Waals surface area (Å²) in [6.45, 7) is 4.37. The first-order chi connectivity index (χ1) is 10.8. The molecule has 1 aliphatic rings. The van der Waals surface area contributed by atoms with Crippen molar-refractivity contribution in [1.29, 1.82) is 5.26 Å². The molecule has 0 aromatic heterocycles. The molecule has 1 N–H and O–H groups in total. The fourth-order valence-electron chi connectivity index (χ4n) is 2.31. The van der Waals surface area contributed by atoms with Gasteiger partial charge in [0.2, 0.25) is 0 Å². The number of nitriles is 1. The zero-order valence-corrected chi connectivity index (χ0v) is 13.1. The highest BCUT2D eigenvalue weighted by molar-refractivity contribution is 6.08. The predicted molar refractivity (Wildman–Crippen MR) is 79.9 cm³/mol. The van der Waals surface area contributed by atoms with E-state index in [1.54, 1.807) is 25.1 Å². The zero-order valence-electron chi connectivity index (χ0n) is 13.1. The highest BCUT2D eigenvalue weighted by atomic mass is 16.5. The average molecular weight is 315 g/mol. The van der Waals surface area contributed by atoms with Gasteiger partial charge >= 0.3 is 12.0 Å². The maximum Gasteiger partial charge on any atom is 0.327 e. The first kappa shape index (κ1) is 16.5. The molecule has 2 rings (SSSR count). The quantitative estimate of drug-likeness (QED) is 0.665. The number of aryl methyl sites for hydroxylation is 1. The number of nitrogens with zero attached hydrogens (tertiary/aromatic N) is 2. The summed E-state index contributed by atoms with van der Waals surface area (Å²) in [6.07, 6.45) is -0.938. The predicted octanol–water partition coefficient (Wildman–Crippen LogP) is 1.22. The SMILES string of the molecule is Cc1ccc([C@@]2(C)NC(=O)N(CC(=O)O[C@H](C)C#N)C2=O)cc1. The van der Waals surface area contributed by atoms with E-state index >= 15 is 0 Å². The Hall–Kier alpha value is -2.88. The molecule has 0 aliphatic carbocycles. The Morgan fingerprint density at radius 3 is 2.57 bits per heavy atom. The number of rotatable bonds is 4. The Balaban J connectivity index is 2.18. The van der Waals surface area contributed by atoms with E-state index in [0.29, 0.717) is 5.56 Å². The van der Waals surface area contributed by atoms with Crippen LogP contribution in [0.1, 0.15) is 25.0 Å². The number of benzene rings is 1. The van der Waals surface area contributed by atoms with Crippen LogP contribution in [0.25, 0.3) is 0 Å². The van der Waals surface area contributed by atoms with Gasteiger partial charge in [0.1, 0.15) is 18.2 Å². The minimum absolute atomic E-state index is 0.530. The van der Waals surface area contributed by atoms with Gasteiger partial charge in [-0.1, -0.05) is 29.8 Å². The fraction of sp³-hybridized carbons (Fsp3) is 0.375. The third kappa shape index (κ3) is 3.16. The largest absolute Gasteiger partial charge is 0.446 e. The van der Waals surface area contributed by atoms with Crippen molar-refractivity contribution in [2.24, 2.45) is 0 Å². The Morgan fingerprint density at radius 1 is 1.39 bits per heavy atom. The van der Waals surface area contributed by atoms with Gasteiger partial charge in [-0.05, 0) is 26.3 Å². The van der Waals surface area contributed by atoms with Crippen molar-refractivity contribution in [2.75, 3.05) is 6.54 Å². The molecule has 1 aliphatic heterocycles. The number of urea groups is 1. The number of esters is 1. The molecule has 1 aromatic carbocycles. The molecule has 1 aromatic rings. The molecule has 1 heterocycles. The number of carbonyl (C=O) groups is 3. The normalized spacial score (nSPS) is 21.6. The number of amides is 3. The minimum Gasteiger partial charge on any atom is -0.446 e. The second-order valence-electron chi connectivity index (χ2n) is 5.57. The lowest BCUT2D eigenvalue weighted by Gasteiger charge is -2.22. The summed E-state index contributed by atoms with van der Waals surface area (Å²) in [6, 6.07) is 8.27. The molecule has 120 valence electrons. The third-order valence-corrected chi connectivity index (χ3v) is 3.68. The number of nitrogens with one attached hydrogen (secondary N) is 1. The molecule has 7 heteroatoms. The molecule has 0 radical (unpaired) electrons. The molecule has 0 unspecified atom stereocenters. The summed E-state index contributed by atoms with van der Waals surface area (Å²) in [5, 5.41) is 11.2. The standard InChI is InChI=1S/C16H17N3O4/c1-10-4-6-12(7-5-10)16(3)14(21)19(15(22)18-16)9-13(20)23-11(2)8-17/h4-7,11H,9H2,1-3H3,(H,18,22)/t11-,16-/m1/s1. The maximum absolute atomic E-state index is 12.6. The van der Waals surface area contributed by atoms with Gasteiger partial charge in [0.25, 0.3) is 5.91 Å². The van der Waals surface area contributed by atoms with Crippen molar-refractivity contribution in [3.05, 3.63) is 35.4 Å². The van der Waals surface area contributed by atoms with Gasteiger partial charge in [-0.2, -0.15) is 5.26 Å². The van der Waals surface area contributed by atoms with Gasteiger partial charge in [0.15, 0.2) is 6.10 Å². The van der Waals surface area contributed by atoms with Crippen LogP contribution < -0.4 is 5.32 Å². The van der Waals surface area contributed by atoms with Crippen LogP contribution >= 0.6 is 0 Å². The van der Waals surface area contributed by atoms with Gasteiger partial charge in [-0.15, -0.1) is 0 Å². The average Bonchev–Trinajstić information content (AvgIpc) is 2.72. The first-order valence-corrected chi connectivity index (χ1v) is 7.08. The van der Waals surface area contributed by atoms with Crippen LogP contribution in [0.2, 0.25) is 0 Å². The van der Waals surface area contributed by atoms with Gasteiger partial charge in [0.05, 0.1) is 0 Å². The third-order valence-electron chi connectivity index (χ3n) is 3.68. The molecule has 2 atom stereocenters. The highest BCUT2D eigenvalue weighted by Crippen LogP contribution is 2.28. The molecule has 7 nitrogen and oxygen atoms in total. The fourth-order valence-corrected chi connectivity index (χ4v) is 2.31. The van der Waals surface area contributed by atoms with Gasteiger partial charge in [-0.3, -0.25) is 14.5 Å². The number of hydrogen-bond acceptors (Lipinski definition) is 5. The van der Waals surface area contributed by atoms with Crippen molar-refractivity contribution in [3.8, 4) is 6.07 Å². The lowest BCUT2D eigenvalue weighted by atomic mass is 9.91. The smallest absolute Gasteiger partial charge is 0.327 e. The number of imide groups is 1. The van der Waals surface area contributed by atoms with E-state index in [9.17, 15) is 14.4 Å². The number of hydrogen-bond donors (Lipinski definition) is 1. The van der Waals surface area contributed by atoms with Crippen LogP contribution in [0.4, 0.5) is 4.79 Å². The van der Waals surface area contributed by atoms with E-state index in [4.69, 9.17) is 10.00 Å². The van der Waals surface area contributed by atoms with Crippen molar-refractivity contribution in [1.82, 2.24) is 10.2 Å². The summed E-state index contributed by atoms with van der Waals surface area (Å²) in [5.41, 5.74) is 0.425. The molecule has 0 spiro atoms. The lowest BCUT2D eigenvalue weighted by Crippen LogP contribution is -2.41. The first-order valence-electron chi connectivity index (χ1n) is 7.08. The monoisotopic (exact) mass is 315 g/mol. The van der Waals surface area contributed by atoms with E-state index < -0.39 is 36.1 Å². The molecule has 0 saturated carbocycles. The Labute approximate surface area is 133 Å². The molecule has 23 heavy (non-hydrogen) atoms. The Kier molecular flexibility index (Phi) is 4.36. The van der Waals surface area contributed by atoms with Crippen molar-refractivity contribution < 1.29 is 19.1 Å². The Bertz CT molecular complexity index is 692. The highest BCUT2D eigenvalue weighted by Gasteiger charge is 2.49. The molecule has 3 amide bonds. The molecular formula is C16H17N3O4. The van der Waals surface area contributed by atoms with Crippen LogP contribution in [0.5, 0.6) is 0 Å². The maximum atomic E-state index is 12.6. The van der Waals surface area contributed by atoms with Gasteiger partial charge in [0, 0.05) is 0 Å². The minimum atomic E-state index is -1.23. The zero-order chi connectivity index (χ0) is 17.2. The van der Waals surface area contributed by atoms with Crippen molar-refractivity contribution >= 4 is 17.9 Å². The number of carbonyl (C=O) groups excluding carboxylic acids is 3. The topological polar surface area (TPSA) is 99.5 Å². The van der Waals surface area contributed by atoms with Crippen LogP contribution in [0.15, 0.2) is 24.3 Å². The van der Waals surface area contributed by atoms with E-state index in [2.05, 4.69) is 5.32 Å². The second kappa shape index (κ2) is 6.08. The summed E-state index contributed by atoms with van der Waals surface area (Å²) < 4.78 is 4.77. The van der Waals surface area contributed by atoms with Gasteiger partial charge < -0.3 is 10.1 Å². The summed E-state index contributed by atoms with van der Waals surface area (Å²) in [5.74, 6) is -1.34. The summed E-state index contributed by atoms with van der Waals surface area (Å²) >= 11 is 0. The van der Waals surface area contributed by atoms with Crippen LogP contribution in [-0.4, -0.2) is 35.5 Å². The van der Waals surface area contributed by atoms with E-state index in [0.717, 1.165) is 10.5 Å². The van der Waals surface area contributed by atoms with Crippen LogP contribution in [0, 0.1) is 18.3 Å². The molecule has 1 saturated heterocycles. The summed E-state index contributed by atoms with van der Waals surface area (Å²) in [7, 11) is 0. The molecule has 0 bridgehead atoms. The van der Waals surface area contributed by atoms with E-state index in [-0.39, 0.29) is 0 Å². The second-order valence-corrected chi connectivity index (χ2v) is 5.57. The van der Waals surface area contributed by atoms with E-state index in [1.807, 2.05) is 19.1 Å². The lowest BCUT2D eigenvalue weighted by molar-refractivity contribution is -0.149. The molecular weight excluding hydrogens is 298 g/mol. The van der Waals surface area contributed by atoms with E-state index in [1.165, 1.54) is 6.92 Å². The summed E-state index contributed by atoms with van der Waals surface area (Å²) in [4.78, 5) is 37.1. The van der Waals surface area contributed by atoms with Gasteiger partial charge in [-0.25, -0.2) is 4.79 Å². The van der Waals surface area contributed by atoms with Crippen LogP contribution in [-0.2, 0) is 19.9 Å². The molecule has 1 fully saturated rings. The van der Waals surface area contributed by atoms with Crippen molar-refractivity contribution in [3.63, 3.8) is 0 Å². The Morgan fingerprint density at radius 2 is 2.00 bits per heavy atom. The number of ether oxygens (including phenoxy) is 1. The van der Waals surface area contributed by atoms with Crippen molar-refractivity contribution in [2.45, 2.75) is 32.4 Å². The van der Waals surface area contributed by atoms with Crippen LogP contribution in [0.3, 0.4) is 0 Å².